The maximum Gasteiger partial charge on any atom is -0.0131 e. The fourth-order valence-electron chi connectivity index (χ4n) is 3.53. The molecule has 4 aromatic carbocycles. The Morgan fingerprint density at radius 3 is 1.32 bits per heavy atom. The summed E-state index contributed by atoms with van der Waals surface area (Å²) in [5.41, 5.74) is 9.00. The number of hydrogen-bond acceptors (Lipinski definition) is 0. The van der Waals surface area contributed by atoms with Gasteiger partial charge in [0, 0.05) is 0 Å². The predicted molar refractivity (Wildman–Crippen MR) is 121 cm³/mol. The lowest BCUT2D eigenvalue weighted by Crippen LogP contribution is -2.11. The summed E-state index contributed by atoms with van der Waals surface area (Å²) in [5, 5.41) is 0. The van der Waals surface area contributed by atoms with Crippen LogP contribution in [0, 0.1) is 0 Å². The molecule has 0 radical (unpaired) electrons. The lowest BCUT2D eigenvalue weighted by atomic mass is 9.83. The van der Waals surface area contributed by atoms with Crippen LogP contribution in [0.25, 0.3) is 33.4 Å². The van der Waals surface area contributed by atoms with Crippen molar-refractivity contribution in [3.05, 3.63) is 109 Å². The topological polar surface area (TPSA) is 0 Å². The molecule has 0 aliphatic carbocycles. The van der Waals surface area contributed by atoms with Gasteiger partial charge in [-0.15, -0.1) is 0 Å². The summed E-state index contributed by atoms with van der Waals surface area (Å²) in [6, 6.07) is 37.1. The highest BCUT2D eigenvalue weighted by molar-refractivity contribution is 5.78. The number of rotatable bonds is 3. The minimum atomic E-state index is 0.0938. The number of benzene rings is 4. The summed E-state index contributed by atoms with van der Waals surface area (Å²) >= 11 is 0. The average Bonchev–Trinajstić information content (AvgIpc) is 2.74. The molecule has 28 heavy (non-hydrogen) atoms. The summed E-state index contributed by atoms with van der Waals surface area (Å²) in [7, 11) is 0. The molecule has 0 saturated heterocycles. The zero-order valence-corrected chi connectivity index (χ0v) is 16.8. The Labute approximate surface area is 168 Å². The molecule has 0 heterocycles. The highest BCUT2D eigenvalue weighted by Gasteiger charge is 2.16. The van der Waals surface area contributed by atoms with Gasteiger partial charge in [0.05, 0.1) is 0 Å². The molecule has 0 aliphatic heterocycles. The standard InChI is InChI=1S/C28H26/c1-28(2,3)27-19-25(22-13-8-5-9-14-22)18-26(20-27)24-16-10-15-23(17-24)21-11-6-4-7-12-21/h4-20H,1-3H3. The third-order valence-electron chi connectivity index (χ3n) is 5.21. The van der Waals surface area contributed by atoms with Crippen molar-refractivity contribution in [2.45, 2.75) is 26.2 Å². The summed E-state index contributed by atoms with van der Waals surface area (Å²) < 4.78 is 0. The van der Waals surface area contributed by atoms with Crippen molar-refractivity contribution in [1.29, 1.82) is 0 Å². The third kappa shape index (κ3) is 3.92. The Bertz CT molecular complexity index is 1070. The van der Waals surface area contributed by atoms with E-state index in [1.54, 1.807) is 0 Å². The molecule has 0 heteroatoms. The monoisotopic (exact) mass is 362 g/mol. The highest BCUT2D eigenvalue weighted by atomic mass is 14.2. The molecule has 0 nitrogen and oxygen atoms in total. The SMILES string of the molecule is CC(C)(C)c1cc(-c2ccccc2)cc(-c2cccc(-c3ccccc3)c2)c1. The van der Waals surface area contributed by atoms with Gasteiger partial charge < -0.3 is 0 Å². The van der Waals surface area contributed by atoms with Crippen molar-refractivity contribution in [3.63, 3.8) is 0 Å². The minimum Gasteiger partial charge on any atom is -0.0622 e. The molecule has 0 atom stereocenters. The van der Waals surface area contributed by atoms with Crippen molar-refractivity contribution in [3.8, 4) is 33.4 Å². The van der Waals surface area contributed by atoms with Gasteiger partial charge in [0.25, 0.3) is 0 Å². The first-order valence-electron chi connectivity index (χ1n) is 9.87. The van der Waals surface area contributed by atoms with E-state index in [-0.39, 0.29) is 5.41 Å². The lowest BCUT2D eigenvalue weighted by molar-refractivity contribution is 0.590. The normalized spacial score (nSPS) is 11.4. The molecule has 0 aromatic heterocycles. The molecule has 4 rings (SSSR count). The first-order valence-corrected chi connectivity index (χ1v) is 9.87. The van der Waals surface area contributed by atoms with Gasteiger partial charge in [0.2, 0.25) is 0 Å². The van der Waals surface area contributed by atoms with E-state index in [1.807, 2.05) is 0 Å². The molecule has 0 amide bonds. The fraction of sp³-hybridized carbons (Fsp3) is 0.143. The third-order valence-corrected chi connectivity index (χ3v) is 5.21. The molecule has 0 N–H and O–H groups in total. The number of hydrogen-bond donors (Lipinski definition) is 0. The molecule has 0 aliphatic rings. The van der Waals surface area contributed by atoms with Crippen molar-refractivity contribution in [2.75, 3.05) is 0 Å². The van der Waals surface area contributed by atoms with Gasteiger partial charge in [0.15, 0.2) is 0 Å². The van der Waals surface area contributed by atoms with Gasteiger partial charge in [-0.2, -0.15) is 0 Å². The van der Waals surface area contributed by atoms with Crippen LogP contribution in [0.5, 0.6) is 0 Å². The molecule has 0 bridgehead atoms. The van der Waals surface area contributed by atoms with Crippen LogP contribution >= 0.6 is 0 Å². The molecule has 0 unspecified atom stereocenters. The van der Waals surface area contributed by atoms with E-state index in [0.717, 1.165) is 0 Å². The first kappa shape index (κ1) is 18.3. The van der Waals surface area contributed by atoms with Crippen molar-refractivity contribution >= 4 is 0 Å². The smallest absolute Gasteiger partial charge is 0.0131 e. The highest BCUT2D eigenvalue weighted by Crippen LogP contribution is 2.34. The summed E-state index contributed by atoms with van der Waals surface area (Å²) in [4.78, 5) is 0. The van der Waals surface area contributed by atoms with Gasteiger partial charge in [-0.1, -0.05) is 112 Å². The minimum absolute atomic E-state index is 0.0938. The second-order valence-corrected chi connectivity index (χ2v) is 8.36. The second kappa shape index (κ2) is 7.48. The van der Waals surface area contributed by atoms with E-state index in [0.29, 0.717) is 0 Å². The van der Waals surface area contributed by atoms with Crippen molar-refractivity contribution in [1.82, 2.24) is 0 Å². The van der Waals surface area contributed by atoms with E-state index in [9.17, 15) is 0 Å². The largest absolute Gasteiger partial charge is 0.0622 e. The Hall–Kier alpha value is -3.12. The van der Waals surface area contributed by atoms with Crippen LogP contribution < -0.4 is 0 Å². The van der Waals surface area contributed by atoms with E-state index in [4.69, 9.17) is 0 Å². The van der Waals surface area contributed by atoms with E-state index in [2.05, 4.69) is 124 Å². The van der Waals surface area contributed by atoms with Crippen LogP contribution in [0.1, 0.15) is 26.3 Å². The summed E-state index contributed by atoms with van der Waals surface area (Å²) in [6.07, 6.45) is 0. The van der Waals surface area contributed by atoms with Gasteiger partial charge in [0.1, 0.15) is 0 Å². The van der Waals surface area contributed by atoms with Crippen LogP contribution in [0.2, 0.25) is 0 Å². The maximum atomic E-state index is 2.34. The van der Waals surface area contributed by atoms with E-state index >= 15 is 0 Å². The fourth-order valence-corrected chi connectivity index (χ4v) is 3.53. The van der Waals surface area contributed by atoms with Gasteiger partial charge >= 0.3 is 0 Å². The van der Waals surface area contributed by atoms with Crippen LogP contribution in [-0.2, 0) is 5.41 Å². The summed E-state index contributed by atoms with van der Waals surface area (Å²) in [5.74, 6) is 0. The molecule has 0 fully saturated rings. The van der Waals surface area contributed by atoms with Gasteiger partial charge in [-0.05, 0) is 56.5 Å². The van der Waals surface area contributed by atoms with E-state index in [1.165, 1.54) is 38.9 Å². The van der Waals surface area contributed by atoms with Gasteiger partial charge in [-0.3, -0.25) is 0 Å². The Balaban J connectivity index is 1.86. The summed E-state index contributed by atoms with van der Waals surface area (Å²) in [6.45, 7) is 6.84. The van der Waals surface area contributed by atoms with Crippen LogP contribution in [0.3, 0.4) is 0 Å². The molecule has 4 aromatic rings. The van der Waals surface area contributed by atoms with Crippen LogP contribution in [0.4, 0.5) is 0 Å². The van der Waals surface area contributed by atoms with Crippen LogP contribution in [-0.4, -0.2) is 0 Å². The molecule has 0 spiro atoms. The second-order valence-electron chi connectivity index (χ2n) is 8.36. The zero-order chi connectivity index (χ0) is 19.6. The van der Waals surface area contributed by atoms with Gasteiger partial charge in [-0.25, -0.2) is 0 Å². The Morgan fingerprint density at radius 2 is 0.786 bits per heavy atom. The molecule has 138 valence electrons. The average molecular weight is 363 g/mol. The Kier molecular flexibility index (Phi) is 4.88. The predicted octanol–water partition coefficient (Wildman–Crippen LogP) is 7.99. The van der Waals surface area contributed by atoms with Crippen LogP contribution in [0.15, 0.2) is 103 Å². The first-order chi connectivity index (χ1) is 13.5. The van der Waals surface area contributed by atoms with E-state index < -0.39 is 0 Å². The zero-order valence-electron chi connectivity index (χ0n) is 16.8. The van der Waals surface area contributed by atoms with Crippen molar-refractivity contribution in [2.24, 2.45) is 0 Å². The molecule has 0 saturated carbocycles. The van der Waals surface area contributed by atoms with Crippen molar-refractivity contribution < 1.29 is 0 Å². The lowest BCUT2D eigenvalue weighted by Gasteiger charge is -2.22. The molecular formula is C28H26. The maximum absolute atomic E-state index is 2.34. The quantitative estimate of drug-likeness (QED) is 0.346. The molecular weight excluding hydrogens is 336 g/mol. The Morgan fingerprint density at radius 1 is 0.393 bits per heavy atom.